The number of hydrogen-bond donors (Lipinski definition) is 1. The minimum absolute atomic E-state index is 0.0424. The standard InChI is InChI=1S/C16H28N2O3/c1-16(2,3)12-6-9-17(10-7-12)15(21)18(13-4-5-13)11-8-14(19)20/h12-13H,4-11H2,1-3H3,(H,19,20). The van der Waals surface area contributed by atoms with Gasteiger partial charge < -0.3 is 14.9 Å². The second kappa shape index (κ2) is 6.24. The molecule has 0 aromatic rings. The van der Waals surface area contributed by atoms with Crippen molar-refractivity contribution in [2.45, 2.75) is 58.9 Å². The number of piperidine rings is 1. The van der Waals surface area contributed by atoms with Gasteiger partial charge in [0.2, 0.25) is 0 Å². The molecule has 1 aliphatic carbocycles. The molecule has 0 radical (unpaired) electrons. The lowest BCUT2D eigenvalue weighted by Crippen LogP contribution is -2.49. The highest BCUT2D eigenvalue weighted by Crippen LogP contribution is 2.35. The molecule has 5 heteroatoms. The first kappa shape index (κ1) is 16.1. The van der Waals surface area contributed by atoms with Gasteiger partial charge in [-0.3, -0.25) is 4.79 Å². The number of urea groups is 1. The molecule has 0 atom stereocenters. The summed E-state index contributed by atoms with van der Waals surface area (Å²) in [5.41, 5.74) is 0.300. The van der Waals surface area contributed by atoms with E-state index >= 15 is 0 Å². The number of likely N-dealkylation sites (tertiary alicyclic amines) is 1. The van der Waals surface area contributed by atoms with Crippen molar-refractivity contribution in [2.24, 2.45) is 11.3 Å². The van der Waals surface area contributed by atoms with Crippen molar-refractivity contribution >= 4 is 12.0 Å². The Morgan fingerprint density at radius 2 is 1.71 bits per heavy atom. The molecule has 1 saturated carbocycles. The molecular formula is C16H28N2O3. The van der Waals surface area contributed by atoms with Gasteiger partial charge in [0.1, 0.15) is 0 Å². The maximum Gasteiger partial charge on any atom is 0.320 e. The molecule has 120 valence electrons. The Bertz CT molecular complexity index is 391. The number of carbonyl (C=O) groups excluding carboxylic acids is 1. The van der Waals surface area contributed by atoms with Gasteiger partial charge in [0.05, 0.1) is 6.42 Å². The van der Waals surface area contributed by atoms with Crippen molar-refractivity contribution in [3.8, 4) is 0 Å². The Balaban J connectivity index is 1.88. The van der Waals surface area contributed by atoms with Crippen LogP contribution in [0.4, 0.5) is 4.79 Å². The number of rotatable bonds is 4. The molecule has 0 unspecified atom stereocenters. The summed E-state index contributed by atoms with van der Waals surface area (Å²) in [7, 11) is 0. The fourth-order valence-corrected chi connectivity index (χ4v) is 3.16. The van der Waals surface area contributed by atoms with Crippen molar-refractivity contribution in [1.82, 2.24) is 9.80 Å². The molecule has 0 bridgehead atoms. The van der Waals surface area contributed by atoms with Gasteiger partial charge in [-0.25, -0.2) is 4.79 Å². The van der Waals surface area contributed by atoms with Gasteiger partial charge in [0.15, 0.2) is 0 Å². The monoisotopic (exact) mass is 296 g/mol. The third kappa shape index (κ3) is 4.35. The number of aliphatic carboxylic acids is 1. The van der Waals surface area contributed by atoms with E-state index in [-0.39, 0.29) is 18.5 Å². The normalized spacial score (nSPS) is 20.4. The minimum Gasteiger partial charge on any atom is -0.481 e. The molecule has 2 fully saturated rings. The Morgan fingerprint density at radius 3 is 2.14 bits per heavy atom. The van der Waals surface area contributed by atoms with Gasteiger partial charge in [-0.1, -0.05) is 20.8 Å². The van der Waals surface area contributed by atoms with Crippen molar-refractivity contribution in [1.29, 1.82) is 0 Å². The van der Waals surface area contributed by atoms with Gasteiger partial charge in [-0.15, -0.1) is 0 Å². The molecule has 2 rings (SSSR count). The first-order valence-corrected chi connectivity index (χ1v) is 8.06. The van der Waals surface area contributed by atoms with Crippen LogP contribution in [0.3, 0.4) is 0 Å². The third-order valence-corrected chi connectivity index (χ3v) is 4.79. The number of hydrogen-bond acceptors (Lipinski definition) is 2. The Hall–Kier alpha value is -1.26. The van der Waals surface area contributed by atoms with E-state index in [0.717, 1.165) is 38.8 Å². The van der Waals surface area contributed by atoms with Crippen LogP contribution in [0.2, 0.25) is 0 Å². The zero-order chi connectivity index (χ0) is 15.6. The van der Waals surface area contributed by atoms with Crippen LogP contribution in [-0.4, -0.2) is 52.6 Å². The van der Waals surface area contributed by atoms with Crippen LogP contribution in [0, 0.1) is 11.3 Å². The Morgan fingerprint density at radius 1 is 1.14 bits per heavy atom. The molecular weight excluding hydrogens is 268 g/mol. The second-order valence-electron chi connectivity index (χ2n) is 7.48. The number of carboxylic acid groups (broad SMARTS) is 1. The maximum atomic E-state index is 12.6. The van der Waals surface area contributed by atoms with Crippen molar-refractivity contribution in [3.05, 3.63) is 0 Å². The third-order valence-electron chi connectivity index (χ3n) is 4.79. The van der Waals surface area contributed by atoms with Crippen LogP contribution >= 0.6 is 0 Å². The Kier molecular flexibility index (Phi) is 4.79. The highest BCUT2D eigenvalue weighted by atomic mass is 16.4. The number of amides is 2. The smallest absolute Gasteiger partial charge is 0.320 e. The van der Waals surface area contributed by atoms with Gasteiger partial charge in [-0.2, -0.15) is 0 Å². The van der Waals surface area contributed by atoms with Crippen molar-refractivity contribution in [2.75, 3.05) is 19.6 Å². The molecule has 2 amide bonds. The van der Waals surface area contributed by atoms with E-state index in [4.69, 9.17) is 5.11 Å². The van der Waals surface area contributed by atoms with Gasteiger partial charge in [-0.05, 0) is 37.0 Å². The molecule has 0 aromatic heterocycles. The summed E-state index contributed by atoms with van der Waals surface area (Å²) in [6, 6.07) is 0.322. The summed E-state index contributed by atoms with van der Waals surface area (Å²) >= 11 is 0. The lowest BCUT2D eigenvalue weighted by molar-refractivity contribution is -0.137. The first-order valence-electron chi connectivity index (χ1n) is 8.06. The second-order valence-corrected chi connectivity index (χ2v) is 7.48. The highest BCUT2D eigenvalue weighted by Gasteiger charge is 2.37. The lowest BCUT2D eigenvalue weighted by atomic mass is 9.75. The van der Waals surface area contributed by atoms with Gasteiger partial charge in [0, 0.05) is 25.7 Å². The number of nitrogens with zero attached hydrogens (tertiary/aromatic N) is 2. The zero-order valence-corrected chi connectivity index (χ0v) is 13.5. The van der Waals surface area contributed by atoms with Crippen molar-refractivity contribution < 1.29 is 14.7 Å². The predicted molar refractivity (Wildman–Crippen MR) is 81.1 cm³/mol. The summed E-state index contributed by atoms with van der Waals surface area (Å²) < 4.78 is 0. The summed E-state index contributed by atoms with van der Waals surface area (Å²) in [6.45, 7) is 8.74. The first-order chi connectivity index (χ1) is 9.79. The van der Waals surface area contributed by atoms with Crippen LogP contribution in [0.15, 0.2) is 0 Å². The molecule has 0 aromatic carbocycles. The van der Waals surface area contributed by atoms with Crippen LogP contribution < -0.4 is 0 Å². The summed E-state index contributed by atoms with van der Waals surface area (Å²) in [5, 5.41) is 8.83. The van der Waals surface area contributed by atoms with E-state index < -0.39 is 5.97 Å². The van der Waals surface area contributed by atoms with E-state index in [1.165, 1.54) is 0 Å². The fraction of sp³-hybridized carbons (Fsp3) is 0.875. The molecule has 1 heterocycles. The highest BCUT2D eigenvalue weighted by molar-refractivity contribution is 5.76. The predicted octanol–water partition coefficient (Wildman–Crippen LogP) is 2.80. The molecule has 5 nitrogen and oxygen atoms in total. The molecule has 0 spiro atoms. The summed E-state index contributed by atoms with van der Waals surface area (Å²) in [6.07, 6.45) is 4.17. The molecule has 1 aliphatic heterocycles. The van der Waals surface area contributed by atoms with E-state index in [9.17, 15) is 9.59 Å². The van der Waals surface area contributed by atoms with Crippen molar-refractivity contribution in [3.63, 3.8) is 0 Å². The largest absolute Gasteiger partial charge is 0.481 e. The lowest BCUT2D eigenvalue weighted by Gasteiger charge is -2.40. The maximum absolute atomic E-state index is 12.6. The van der Waals surface area contributed by atoms with Gasteiger partial charge >= 0.3 is 12.0 Å². The molecule has 1 N–H and O–H groups in total. The quantitative estimate of drug-likeness (QED) is 0.867. The SMILES string of the molecule is CC(C)(C)C1CCN(C(=O)N(CCC(=O)O)C2CC2)CC1. The van der Waals surface area contributed by atoms with E-state index in [2.05, 4.69) is 20.8 Å². The Labute approximate surface area is 127 Å². The average molecular weight is 296 g/mol. The molecule has 2 aliphatic rings. The fourth-order valence-electron chi connectivity index (χ4n) is 3.16. The van der Waals surface area contributed by atoms with Crippen LogP contribution in [0.25, 0.3) is 0 Å². The average Bonchev–Trinajstić information content (AvgIpc) is 3.22. The van der Waals surface area contributed by atoms with E-state index in [0.29, 0.717) is 17.9 Å². The van der Waals surface area contributed by atoms with Crippen LogP contribution in [0.5, 0.6) is 0 Å². The number of carbonyl (C=O) groups is 2. The summed E-state index contributed by atoms with van der Waals surface area (Å²) in [4.78, 5) is 27.1. The summed E-state index contributed by atoms with van der Waals surface area (Å²) in [5.74, 6) is -0.171. The van der Waals surface area contributed by atoms with E-state index in [1.54, 1.807) is 4.90 Å². The van der Waals surface area contributed by atoms with E-state index in [1.807, 2.05) is 4.90 Å². The van der Waals surface area contributed by atoms with Gasteiger partial charge in [0.25, 0.3) is 0 Å². The number of carboxylic acids is 1. The van der Waals surface area contributed by atoms with Crippen LogP contribution in [-0.2, 0) is 4.79 Å². The molecule has 21 heavy (non-hydrogen) atoms. The van der Waals surface area contributed by atoms with Crippen LogP contribution in [0.1, 0.15) is 52.9 Å². The molecule has 1 saturated heterocycles. The zero-order valence-electron chi connectivity index (χ0n) is 13.5. The topological polar surface area (TPSA) is 60.9 Å². The minimum atomic E-state index is -0.833.